The fraction of sp³-hybridized carbons (Fsp3) is 0.409. The highest BCUT2D eigenvalue weighted by Crippen LogP contribution is 2.31. The second kappa shape index (κ2) is 7.58. The van der Waals surface area contributed by atoms with Crippen LogP contribution in [0.5, 0.6) is 0 Å². The highest BCUT2D eigenvalue weighted by Gasteiger charge is 2.30. The van der Waals surface area contributed by atoms with Gasteiger partial charge < -0.3 is 10.2 Å². The first-order chi connectivity index (χ1) is 12.7. The molecular weight excluding hydrogens is 327 g/mol. The molecule has 1 heterocycles. The van der Waals surface area contributed by atoms with Gasteiger partial charge in [0.15, 0.2) is 0 Å². The first-order valence-electron chi connectivity index (χ1n) is 9.56. The number of piperidine rings is 1. The van der Waals surface area contributed by atoms with E-state index >= 15 is 0 Å². The number of rotatable bonds is 5. The summed E-state index contributed by atoms with van der Waals surface area (Å²) in [7, 11) is 0. The van der Waals surface area contributed by atoms with Gasteiger partial charge in [-0.3, -0.25) is 4.79 Å². The summed E-state index contributed by atoms with van der Waals surface area (Å²) in [4.78, 5) is 15.1. The molecule has 1 amide bonds. The van der Waals surface area contributed by atoms with Crippen LogP contribution < -0.4 is 5.32 Å². The third-order valence-corrected chi connectivity index (χ3v) is 5.40. The molecule has 1 aliphatic carbocycles. The standard InChI is InChI=1S/C22H25FN2O/c23-20-5-1-3-18(13-20)17-8-10-21(11-9-17)24-22(26)19-4-2-12-25(15-19)14-16-6-7-16/h1,3,5,8-11,13,16,19H,2,4,6-7,12,14-15H2,(H,24,26). The van der Waals surface area contributed by atoms with E-state index in [2.05, 4.69) is 10.2 Å². The molecule has 26 heavy (non-hydrogen) atoms. The Morgan fingerprint density at radius 3 is 2.62 bits per heavy atom. The van der Waals surface area contributed by atoms with E-state index in [1.807, 2.05) is 30.3 Å². The van der Waals surface area contributed by atoms with Crippen LogP contribution in [0, 0.1) is 17.7 Å². The van der Waals surface area contributed by atoms with Crippen LogP contribution in [-0.2, 0) is 4.79 Å². The number of carbonyl (C=O) groups is 1. The third-order valence-electron chi connectivity index (χ3n) is 5.40. The zero-order chi connectivity index (χ0) is 17.9. The summed E-state index contributed by atoms with van der Waals surface area (Å²) in [5, 5.41) is 3.05. The molecule has 0 bridgehead atoms. The van der Waals surface area contributed by atoms with Gasteiger partial charge in [0.1, 0.15) is 5.82 Å². The van der Waals surface area contributed by atoms with Crippen molar-refractivity contribution in [2.75, 3.05) is 25.0 Å². The lowest BCUT2D eigenvalue weighted by atomic mass is 9.96. The number of nitrogens with zero attached hydrogens (tertiary/aromatic N) is 1. The molecular formula is C22H25FN2O. The largest absolute Gasteiger partial charge is 0.326 e. The van der Waals surface area contributed by atoms with Crippen LogP contribution in [0.15, 0.2) is 48.5 Å². The van der Waals surface area contributed by atoms with Crippen LogP contribution in [0.3, 0.4) is 0 Å². The summed E-state index contributed by atoms with van der Waals surface area (Å²) in [6.07, 6.45) is 4.77. The van der Waals surface area contributed by atoms with Gasteiger partial charge in [-0.2, -0.15) is 0 Å². The Hall–Kier alpha value is -2.20. The first-order valence-corrected chi connectivity index (χ1v) is 9.56. The molecule has 1 aliphatic heterocycles. The summed E-state index contributed by atoms with van der Waals surface area (Å²) in [6.45, 7) is 3.17. The van der Waals surface area contributed by atoms with Gasteiger partial charge in [-0.05, 0) is 73.5 Å². The second-order valence-electron chi connectivity index (χ2n) is 7.62. The summed E-state index contributed by atoms with van der Waals surface area (Å²) < 4.78 is 13.4. The summed E-state index contributed by atoms with van der Waals surface area (Å²) >= 11 is 0. The molecule has 0 aromatic heterocycles. The highest BCUT2D eigenvalue weighted by molar-refractivity contribution is 5.93. The van der Waals surface area contributed by atoms with Crippen molar-refractivity contribution in [3.8, 4) is 11.1 Å². The molecule has 0 spiro atoms. The number of benzene rings is 2. The Labute approximate surface area is 154 Å². The Balaban J connectivity index is 1.36. The molecule has 2 aliphatic rings. The van der Waals surface area contributed by atoms with Crippen molar-refractivity contribution in [1.82, 2.24) is 4.90 Å². The lowest BCUT2D eigenvalue weighted by Gasteiger charge is -2.32. The van der Waals surface area contributed by atoms with E-state index < -0.39 is 0 Å². The molecule has 1 N–H and O–H groups in total. The van der Waals surface area contributed by atoms with E-state index in [1.165, 1.54) is 25.0 Å². The van der Waals surface area contributed by atoms with Gasteiger partial charge in [-0.1, -0.05) is 24.3 Å². The molecule has 4 rings (SSSR count). The minimum atomic E-state index is -0.243. The molecule has 2 aromatic carbocycles. The monoisotopic (exact) mass is 352 g/mol. The number of halogens is 1. The maximum atomic E-state index is 13.4. The smallest absolute Gasteiger partial charge is 0.228 e. The van der Waals surface area contributed by atoms with Crippen molar-refractivity contribution >= 4 is 11.6 Å². The Bertz CT molecular complexity index is 770. The van der Waals surface area contributed by atoms with Crippen LogP contribution in [-0.4, -0.2) is 30.4 Å². The second-order valence-corrected chi connectivity index (χ2v) is 7.62. The van der Waals surface area contributed by atoms with Crippen LogP contribution in [0.2, 0.25) is 0 Å². The van der Waals surface area contributed by atoms with Gasteiger partial charge in [0, 0.05) is 18.8 Å². The third kappa shape index (κ3) is 4.31. The maximum Gasteiger partial charge on any atom is 0.228 e. The van der Waals surface area contributed by atoms with E-state index in [0.717, 1.165) is 55.2 Å². The van der Waals surface area contributed by atoms with Gasteiger partial charge in [-0.25, -0.2) is 4.39 Å². The number of amides is 1. The molecule has 3 nitrogen and oxygen atoms in total. The lowest BCUT2D eigenvalue weighted by molar-refractivity contribution is -0.121. The molecule has 1 saturated heterocycles. The van der Waals surface area contributed by atoms with Crippen LogP contribution in [0.4, 0.5) is 10.1 Å². The molecule has 136 valence electrons. The van der Waals surface area contributed by atoms with Crippen molar-refractivity contribution in [2.24, 2.45) is 11.8 Å². The Morgan fingerprint density at radius 1 is 1.08 bits per heavy atom. The Morgan fingerprint density at radius 2 is 1.88 bits per heavy atom. The van der Waals surface area contributed by atoms with Gasteiger partial charge in [-0.15, -0.1) is 0 Å². The van der Waals surface area contributed by atoms with Crippen molar-refractivity contribution in [2.45, 2.75) is 25.7 Å². The fourth-order valence-corrected chi connectivity index (χ4v) is 3.76. The zero-order valence-corrected chi connectivity index (χ0v) is 15.0. The van der Waals surface area contributed by atoms with E-state index in [4.69, 9.17) is 0 Å². The van der Waals surface area contributed by atoms with Crippen molar-refractivity contribution in [3.05, 3.63) is 54.3 Å². The molecule has 2 fully saturated rings. The Kier molecular flexibility index (Phi) is 5.02. The fourth-order valence-electron chi connectivity index (χ4n) is 3.76. The predicted molar refractivity (Wildman–Crippen MR) is 102 cm³/mol. The predicted octanol–water partition coefficient (Wildman–Crippen LogP) is 4.55. The van der Waals surface area contributed by atoms with Gasteiger partial charge in [0.2, 0.25) is 5.91 Å². The highest BCUT2D eigenvalue weighted by atomic mass is 19.1. The molecule has 0 radical (unpaired) electrons. The van der Waals surface area contributed by atoms with E-state index in [9.17, 15) is 9.18 Å². The van der Waals surface area contributed by atoms with Crippen LogP contribution >= 0.6 is 0 Å². The lowest BCUT2D eigenvalue weighted by Crippen LogP contribution is -2.41. The summed E-state index contributed by atoms with van der Waals surface area (Å²) in [5.41, 5.74) is 2.58. The van der Waals surface area contributed by atoms with Crippen molar-refractivity contribution < 1.29 is 9.18 Å². The van der Waals surface area contributed by atoms with E-state index in [1.54, 1.807) is 6.07 Å². The maximum absolute atomic E-state index is 13.4. The topological polar surface area (TPSA) is 32.3 Å². The first kappa shape index (κ1) is 17.2. The number of anilines is 1. The van der Waals surface area contributed by atoms with Gasteiger partial charge in [0.05, 0.1) is 5.92 Å². The quantitative estimate of drug-likeness (QED) is 0.856. The SMILES string of the molecule is O=C(Nc1ccc(-c2cccc(F)c2)cc1)C1CCCN(CC2CC2)C1. The van der Waals surface area contributed by atoms with Crippen molar-refractivity contribution in [3.63, 3.8) is 0 Å². The number of likely N-dealkylation sites (tertiary alicyclic amines) is 1. The van der Waals surface area contributed by atoms with E-state index in [0.29, 0.717) is 0 Å². The normalized spacial score (nSPS) is 20.7. The van der Waals surface area contributed by atoms with Crippen LogP contribution in [0.25, 0.3) is 11.1 Å². The number of carbonyl (C=O) groups excluding carboxylic acids is 1. The van der Waals surface area contributed by atoms with Crippen molar-refractivity contribution in [1.29, 1.82) is 0 Å². The minimum Gasteiger partial charge on any atom is -0.326 e. The summed E-state index contributed by atoms with van der Waals surface area (Å²) in [6, 6.07) is 14.2. The van der Waals surface area contributed by atoms with Crippen LogP contribution in [0.1, 0.15) is 25.7 Å². The number of nitrogens with one attached hydrogen (secondary N) is 1. The van der Waals surface area contributed by atoms with Gasteiger partial charge >= 0.3 is 0 Å². The average Bonchev–Trinajstić information content (AvgIpc) is 3.46. The zero-order valence-electron chi connectivity index (χ0n) is 15.0. The molecule has 4 heteroatoms. The van der Waals surface area contributed by atoms with E-state index in [-0.39, 0.29) is 17.6 Å². The van der Waals surface area contributed by atoms with Gasteiger partial charge in [0.25, 0.3) is 0 Å². The average molecular weight is 352 g/mol. The molecule has 1 saturated carbocycles. The number of hydrogen-bond acceptors (Lipinski definition) is 2. The molecule has 1 atom stereocenters. The summed E-state index contributed by atoms with van der Waals surface area (Å²) in [5.74, 6) is 0.814. The number of hydrogen-bond donors (Lipinski definition) is 1. The molecule has 1 unspecified atom stereocenters. The minimum absolute atomic E-state index is 0.0744. The molecule has 2 aromatic rings.